The second-order valence-electron chi connectivity index (χ2n) is 8.19. The van der Waals surface area contributed by atoms with Crippen molar-refractivity contribution in [1.82, 2.24) is 24.6 Å². The second-order valence-corrected chi connectivity index (χ2v) is 8.57. The molecule has 1 fully saturated rings. The molecule has 5 rings (SSSR count). The lowest BCUT2D eigenvalue weighted by molar-refractivity contribution is -0.137. The SMILES string of the molecule is Cc1ccnc(-c2nnc3n2C[C@H]2CCC[C@@H]3N2C(=O)c2cccc(C(F)(F)F)c2Cl)c1. The summed E-state index contributed by atoms with van der Waals surface area (Å²) in [4.78, 5) is 19.5. The number of piperidine rings is 1. The quantitative estimate of drug-likeness (QED) is 0.534. The van der Waals surface area contributed by atoms with Crippen molar-refractivity contribution in [3.63, 3.8) is 0 Å². The van der Waals surface area contributed by atoms with Crippen LogP contribution >= 0.6 is 11.6 Å². The molecule has 0 unspecified atom stereocenters. The van der Waals surface area contributed by atoms with Crippen molar-refractivity contribution in [2.24, 2.45) is 0 Å². The monoisotopic (exact) mass is 461 g/mol. The summed E-state index contributed by atoms with van der Waals surface area (Å²) in [6, 6.07) is 6.68. The summed E-state index contributed by atoms with van der Waals surface area (Å²) >= 11 is 6.05. The third-order valence-corrected chi connectivity index (χ3v) is 6.54. The maximum absolute atomic E-state index is 13.4. The number of halogens is 4. The highest BCUT2D eigenvalue weighted by Crippen LogP contribution is 2.42. The fourth-order valence-electron chi connectivity index (χ4n) is 4.68. The molecular formula is C22H19ClF3N5O. The van der Waals surface area contributed by atoms with E-state index in [4.69, 9.17) is 11.6 Å². The van der Waals surface area contributed by atoms with Gasteiger partial charge in [-0.2, -0.15) is 13.2 Å². The van der Waals surface area contributed by atoms with Crippen LogP contribution in [0.15, 0.2) is 36.5 Å². The molecule has 2 bridgehead atoms. The molecule has 2 atom stereocenters. The third-order valence-electron chi connectivity index (χ3n) is 6.13. The van der Waals surface area contributed by atoms with Gasteiger partial charge in [0.05, 0.1) is 28.2 Å². The summed E-state index contributed by atoms with van der Waals surface area (Å²) in [6.07, 6.45) is -0.655. The average Bonchev–Trinajstić information content (AvgIpc) is 3.16. The number of rotatable bonds is 2. The lowest BCUT2D eigenvalue weighted by atomic mass is 9.90. The van der Waals surface area contributed by atoms with Crippen molar-refractivity contribution in [1.29, 1.82) is 0 Å². The number of aromatic nitrogens is 4. The zero-order chi connectivity index (χ0) is 22.6. The van der Waals surface area contributed by atoms with E-state index in [9.17, 15) is 18.0 Å². The number of fused-ring (bicyclic) bond motifs is 4. The Morgan fingerprint density at radius 1 is 1.19 bits per heavy atom. The predicted molar refractivity (Wildman–Crippen MR) is 111 cm³/mol. The smallest absolute Gasteiger partial charge is 0.324 e. The number of aryl methyl sites for hydroxylation is 1. The molecule has 4 heterocycles. The van der Waals surface area contributed by atoms with Gasteiger partial charge >= 0.3 is 6.18 Å². The number of hydrogen-bond acceptors (Lipinski definition) is 4. The maximum atomic E-state index is 13.4. The Labute approximate surface area is 187 Å². The van der Waals surface area contributed by atoms with E-state index in [-0.39, 0.29) is 17.6 Å². The highest BCUT2D eigenvalue weighted by molar-refractivity contribution is 6.34. The van der Waals surface area contributed by atoms with Crippen LogP contribution in [0.3, 0.4) is 0 Å². The van der Waals surface area contributed by atoms with Crippen molar-refractivity contribution >= 4 is 17.5 Å². The molecule has 10 heteroatoms. The van der Waals surface area contributed by atoms with Gasteiger partial charge in [-0.25, -0.2) is 0 Å². The Hall–Kier alpha value is -2.94. The summed E-state index contributed by atoms with van der Waals surface area (Å²) in [6.45, 7) is 2.42. The first kappa shape index (κ1) is 20.9. The number of alkyl halides is 3. The fraction of sp³-hybridized carbons (Fsp3) is 0.364. The van der Waals surface area contributed by atoms with Gasteiger partial charge in [0.2, 0.25) is 0 Å². The molecule has 0 N–H and O–H groups in total. The molecule has 32 heavy (non-hydrogen) atoms. The Balaban J connectivity index is 1.55. The molecule has 166 valence electrons. The van der Waals surface area contributed by atoms with E-state index in [1.165, 1.54) is 12.1 Å². The predicted octanol–water partition coefficient (Wildman–Crippen LogP) is 5.07. The number of hydrogen-bond donors (Lipinski definition) is 0. The first-order valence-electron chi connectivity index (χ1n) is 10.3. The van der Waals surface area contributed by atoms with Crippen LogP contribution in [-0.2, 0) is 12.7 Å². The number of nitrogens with zero attached hydrogens (tertiary/aromatic N) is 5. The summed E-state index contributed by atoms with van der Waals surface area (Å²) in [7, 11) is 0. The van der Waals surface area contributed by atoms with Crippen LogP contribution in [0.4, 0.5) is 13.2 Å². The zero-order valence-electron chi connectivity index (χ0n) is 17.1. The number of amides is 1. The third kappa shape index (κ3) is 3.35. The molecule has 2 aliphatic rings. The standard InChI is InChI=1S/C22H19ClF3N5O/c1-12-8-9-27-16(10-12)19-28-29-20-17-7-2-4-13(11-30(19)20)31(17)21(32)14-5-3-6-15(18(14)23)22(24,25)26/h3,5-6,8-10,13,17H,2,4,7,11H2,1H3/t13-,17+/m1/s1. The van der Waals surface area contributed by atoms with Crippen LogP contribution in [0.2, 0.25) is 5.02 Å². The summed E-state index contributed by atoms with van der Waals surface area (Å²) in [5.74, 6) is 0.737. The van der Waals surface area contributed by atoms with Gasteiger partial charge in [0, 0.05) is 12.7 Å². The number of benzene rings is 1. The van der Waals surface area contributed by atoms with Gasteiger partial charge in [0.25, 0.3) is 5.91 Å². The Bertz CT molecular complexity index is 1210. The van der Waals surface area contributed by atoms with E-state index >= 15 is 0 Å². The second kappa shape index (κ2) is 7.58. The van der Waals surface area contributed by atoms with E-state index in [1.807, 2.05) is 23.6 Å². The molecule has 0 radical (unpaired) electrons. The first-order valence-corrected chi connectivity index (χ1v) is 10.7. The fourth-order valence-corrected chi connectivity index (χ4v) is 4.99. The van der Waals surface area contributed by atoms with E-state index in [2.05, 4.69) is 15.2 Å². The number of pyridine rings is 1. The van der Waals surface area contributed by atoms with E-state index < -0.39 is 22.7 Å². The summed E-state index contributed by atoms with van der Waals surface area (Å²) in [5.41, 5.74) is 0.581. The number of carbonyl (C=O) groups is 1. The molecular weight excluding hydrogens is 443 g/mol. The van der Waals surface area contributed by atoms with E-state index in [0.29, 0.717) is 30.3 Å². The summed E-state index contributed by atoms with van der Waals surface area (Å²) < 4.78 is 41.9. The Morgan fingerprint density at radius 3 is 2.75 bits per heavy atom. The zero-order valence-corrected chi connectivity index (χ0v) is 17.9. The van der Waals surface area contributed by atoms with Gasteiger partial charge in [-0.15, -0.1) is 10.2 Å². The minimum atomic E-state index is -4.64. The van der Waals surface area contributed by atoms with Gasteiger partial charge in [-0.05, 0) is 56.0 Å². The highest BCUT2D eigenvalue weighted by Gasteiger charge is 2.44. The molecule has 0 spiro atoms. The topological polar surface area (TPSA) is 63.9 Å². The molecule has 0 aliphatic carbocycles. The van der Waals surface area contributed by atoms with Crippen molar-refractivity contribution in [2.75, 3.05) is 0 Å². The highest BCUT2D eigenvalue weighted by atomic mass is 35.5. The van der Waals surface area contributed by atoms with Gasteiger partial charge in [0.1, 0.15) is 5.69 Å². The Morgan fingerprint density at radius 2 is 2.00 bits per heavy atom. The maximum Gasteiger partial charge on any atom is 0.417 e. The van der Waals surface area contributed by atoms with Gasteiger partial charge in [-0.1, -0.05) is 17.7 Å². The van der Waals surface area contributed by atoms with Crippen LogP contribution in [0.5, 0.6) is 0 Å². The van der Waals surface area contributed by atoms with Crippen molar-refractivity contribution in [2.45, 2.75) is 51.0 Å². The molecule has 2 aromatic heterocycles. The Kier molecular flexibility index (Phi) is 4.96. The van der Waals surface area contributed by atoms with Gasteiger partial charge < -0.3 is 9.47 Å². The van der Waals surface area contributed by atoms with Crippen LogP contribution in [0.25, 0.3) is 11.5 Å². The molecule has 0 saturated carbocycles. The lowest BCUT2D eigenvalue weighted by Crippen LogP contribution is -2.52. The molecule has 1 saturated heterocycles. The van der Waals surface area contributed by atoms with Crippen molar-refractivity contribution in [3.05, 3.63) is 64.1 Å². The molecule has 1 amide bonds. The number of carbonyl (C=O) groups excluding carboxylic acids is 1. The van der Waals surface area contributed by atoms with Crippen molar-refractivity contribution < 1.29 is 18.0 Å². The molecule has 3 aromatic rings. The van der Waals surface area contributed by atoms with E-state index in [1.54, 1.807) is 11.1 Å². The van der Waals surface area contributed by atoms with Crippen LogP contribution in [0.1, 0.15) is 52.6 Å². The largest absolute Gasteiger partial charge is 0.417 e. The van der Waals surface area contributed by atoms with Crippen molar-refractivity contribution in [3.8, 4) is 11.5 Å². The molecule has 6 nitrogen and oxygen atoms in total. The first-order chi connectivity index (χ1) is 15.3. The minimum Gasteiger partial charge on any atom is -0.324 e. The van der Waals surface area contributed by atoms with Gasteiger partial charge in [-0.3, -0.25) is 9.78 Å². The molecule has 1 aromatic carbocycles. The normalized spacial score (nSPS) is 20.2. The minimum absolute atomic E-state index is 0.146. The lowest BCUT2D eigenvalue weighted by Gasteiger charge is -2.45. The summed E-state index contributed by atoms with van der Waals surface area (Å²) in [5, 5.41) is 8.12. The molecule has 2 aliphatic heterocycles. The van der Waals surface area contributed by atoms with Gasteiger partial charge in [0.15, 0.2) is 11.6 Å². The average molecular weight is 462 g/mol. The van der Waals surface area contributed by atoms with Crippen LogP contribution < -0.4 is 0 Å². The van der Waals surface area contributed by atoms with E-state index in [0.717, 1.165) is 24.5 Å². The van der Waals surface area contributed by atoms with Crippen LogP contribution in [-0.4, -0.2) is 36.6 Å². The van der Waals surface area contributed by atoms with Crippen LogP contribution in [0, 0.1) is 6.92 Å².